The van der Waals surface area contributed by atoms with Gasteiger partial charge in [0.15, 0.2) is 5.78 Å². The average molecular weight is 294 g/mol. The number of carbonyl (C=O) groups is 2. The zero-order valence-electron chi connectivity index (χ0n) is 12.5. The Hall–Kier alpha value is -2.42. The molecule has 1 aliphatic carbocycles. The quantitative estimate of drug-likeness (QED) is 0.813. The van der Waals surface area contributed by atoms with E-state index in [1.54, 1.807) is 6.92 Å². The van der Waals surface area contributed by atoms with Crippen LogP contribution in [0.25, 0.3) is 0 Å². The van der Waals surface area contributed by atoms with Gasteiger partial charge in [0, 0.05) is 17.9 Å². The highest BCUT2D eigenvalue weighted by Gasteiger charge is 2.39. The molecule has 0 aromatic heterocycles. The van der Waals surface area contributed by atoms with Crippen molar-refractivity contribution >= 4 is 11.8 Å². The predicted octanol–water partition coefficient (Wildman–Crippen LogP) is 3.58. The summed E-state index contributed by atoms with van der Waals surface area (Å²) in [5.74, 6) is -0.862. The number of ketones is 1. The lowest BCUT2D eigenvalue weighted by atomic mass is 9.71. The highest BCUT2D eigenvalue weighted by molar-refractivity contribution is 6.02. The van der Waals surface area contributed by atoms with Crippen LogP contribution < -0.4 is 0 Å². The molecule has 112 valence electrons. The lowest BCUT2D eigenvalue weighted by Gasteiger charge is -2.31. The van der Waals surface area contributed by atoms with E-state index >= 15 is 0 Å². The molecule has 2 atom stereocenters. The summed E-state index contributed by atoms with van der Waals surface area (Å²) in [5.41, 5.74) is 2.68. The smallest absolute Gasteiger partial charge is 0.310 e. The maximum absolute atomic E-state index is 12.4. The molecule has 2 aromatic rings. The fraction of sp³-hybridized carbons (Fsp3) is 0.263. The van der Waals surface area contributed by atoms with E-state index in [1.165, 1.54) is 0 Å². The zero-order chi connectivity index (χ0) is 15.5. The van der Waals surface area contributed by atoms with Crippen molar-refractivity contribution in [2.45, 2.75) is 19.3 Å². The van der Waals surface area contributed by atoms with Gasteiger partial charge in [0.25, 0.3) is 0 Å². The Balaban J connectivity index is 2.11. The van der Waals surface area contributed by atoms with Gasteiger partial charge in [-0.05, 0) is 18.1 Å². The summed E-state index contributed by atoms with van der Waals surface area (Å²) < 4.78 is 5.21. The first-order chi connectivity index (χ1) is 10.7. The zero-order valence-corrected chi connectivity index (χ0v) is 12.5. The molecule has 3 rings (SSSR count). The third kappa shape index (κ3) is 2.54. The van der Waals surface area contributed by atoms with Gasteiger partial charge >= 0.3 is 5.97 Å². The van der Waals surface area contributed by atoms with Crippen LogP contribution in [0.15, 0.2) is 54.6 Å². The molecule has 3 nitrogen and oxygen atoms in total. The Morgan fingerprint density at radius 2 is 1.77 bits per heavy atom. The summed E-state index contributed by atoms with van der Waals surface area (Å²) in [6.45, 7) is 2.11. The SMILES string of the molecule is CCOC(=O)[C@@H]1CC(=O)c2ccccc2[C@@H]1c1ccccc1. The molecule has 3 heteroatoms. The molecule has 0 unspecified atom stereocenters. The van der Waals surface area contributed by atoms with Crippen molar-refractivity contribution in [2.24, 2.45) is 5.92 Å². The van der Waals surface area contributed by atoms with Gasteiger partial charge in [-0.25, -0.2) is 0 Å². The third-order valence-corrected chi connectivity index (χ3v) is 4.15. The number of hydrogen-bond donors (Lipinski definition) is 0. The number of benzene rings is 2. The molecule has 0 radical (unpaired) electrons. The van der Waals surface area contributed by atoms with E-state index in [0.717, 1.165) is 16.7 Å². The summed E-state index contributed by atoms with van der Waals surface area (Å²) in [7, 11) is 0. The van der Waals surface area contributed by atoms with E-state index in [9.17, 15) is 9.59 Å². The Labute approximate surface area is 129 Å². The molecule has 0 fully saturated rings. The fourth-order valence-corrected chi connectivity index (χ4v) is 3.21. The van der Waals surface area contributed by atoms with Crippen LogP contribution in [0, 0.1) is 5.92 Å². The number of rotatable bonds is 3. The normalized spacial score (nSPS) is 20.3. The van der Waals surface area contributed by atoms with E-state index in [-0.39, 0.29) is 24.1 Å². The number of Topliss-reactive ketones (excluding diaryl/α,β-unsaturated/α-hetero) is 1. The summed E-state index contributed by atoms with van der Waals surface area (Å²) in [6.07, 6.45) is 0.204. The fourth-order valence-electron chi connectivity index (χ4n) is 3.21. The first-order valence-corrected chi connectivity index (χ1v) is 7.56. The molecule has 0 aliphatic heterocycles. The largest absolute Gasteiger partial charge is 0.466 e. The maximum atomic E-state index is 12.4. The first kappa shape index (κ1) is 14.5. The molecule has 0 saturated heterocycles. The van der Waals surface area contributed by atoms with Gasteiger partial charge in [0.2, 0.25) is 0 Å². The van der Waals surface area contributed by atoms with E-state index in [1.807, 2.05) is 54.6 Å². The minimum absolute atomic E-state index is 0.0147. The molecular formula is C19H18O3. The van der Waals surface area contributed by atoms with E-state index < -0.39 is 5.92 Å². The predicted molar refractivity (Wildman–Crippen MR) is 83.8 cm³/mol. The second-order valence-electron chi connectivity index (χ2n) is 5.46. The van der Waals surface area contributed by atoms with Crippen molar-refractivity contribution in [1.29, 1.82) is 0 Å². The highest BCUT2D eigenvalue weighted by atomic mass is 16.5. The first-order valence-electron chi connectivity index (χ1n) is 7.56. The third-order valence-electron chi connectivity index (χ3n) is 4.15. The average Bonchev–Trinajstić information content (AvgIpc) is 2.56. The van der Waals surface area contributed by atoms with Crippen molar-refractivity contribution in [1.82, 2.24) is 0 Å². The highest BCUT2D eigenvalue weighted by Crippen LogP contribution is 2.41. The molecule has 22 heavy (non-hydrogen) atoms. The van der Waals surface area contributed by atoms with Gasteiger partial charge in [-0.3, -0.25) is 9.59 Å². The van der Waals surface area contributed by atoms with E-state index in [2.05, 4.69) is 0 Å². The Morgan fingerprint density at radius 3 is 2.50 bits per heavy atom. The van der Waals surface area contributed by atoms with Crippen LogP contribution >= 0.6 is 0 Å². The minimum atomic E-state index is -0.454. The molecule has 0 bridgehead atoms. The standard InChI is InChI=1S/C19H18O3/c1-2-22-19(21)16-12-17(20)14-10-6-7-11-15(14)18(16)13-8-4-3-5-9-13/h3-11,16,18H,2,12H2,1H3/t16-,18+/m1/s1. The van der Waals surface area contributed by atoms with Gasteiger partial charge in [0.05, 0.1) is 12.5 Å². The lowest BCUT2D eigenvalue weighted by molar-refractivity contribution is -0.148. The van der Waals surface area contributed by atoms with Crippen LogP contribution in [0.1, 0.15) is 40.7 Å². The summed E-state index contributed by atoms with van der Waals surface area (Å²) in [5, 5.41) is 0. The Morgan fingerprint density at radius 1 is 1.09 bits per heavy atom. The van der Waals surface area contributed by atoms with Gasteiger partial charge in [-0.1, -0.05) is 54.6 Å². The number of hydrogen-bond acceptors (Lipinski definition) is 3. The second-order valence-corrected chi connectivity index (χ2v) is 5.46. The number of fused-ring (bicyclic) bond motifs is 1. The van der Waals surface area contributed by atoms with Gasteiger partial charge < -0.3 is 4.74 Å². The summed E-state index contributed by atoms with van der Waals surface area (Å²) in [6, 6.07) is 17.4. The minimum Gasteiger partial charge on any atom is -0.466 e. The van der Waals surface area contributed by atoms with E-state index in [0.29, 0.717) is 6.61 Å². The van der Waals surface area contributed by atoms with Gasteiger partial charge in [-0.2, -0.15) is 0 Å². The van der Waals surface area contributed by atoms with Crippen LogP contribution in [0.4, 0.5) is 0 Å². The molecule has 0 heterocycles. The van der Waals surface area contributed by atoms with Crippen molar-refractivity contribution in [3.63, 3.8) is 0 Å². The topological polar surface area (TPSA) is 43.4 Å². The Bertz CT molecular complexity index is 691. The molecule has 0 amide bonds. The van der Waals surface area contributed by atoms with Crippen molar-refractivity contribution in [3.05, 3.63) is 71.3 Å². The van der Waals surface area contributed by atoms with Crippen LogP contribution in [0.3, 0.4) is 0 Å². The van der Waals surface area contributed by atoms with Crippen molar-refractivity contribution < 1.29 is 14.3 Å². The Kier molecular flexibility index (Phi) is 4.05. The maximum Gasteiger partial charge on any atom is 0.310 e. The molecular weight excluding hydrogens is 276 g/mol. The van der Waals surface area contributed by atoms with Crippen LogP contribution in [-0.2, 0) is 9.53 Å². The summed E-state index contributed by atoms with van der Waals surface area (Å²) >= 11 is 0. The molecule has 2 aromatic carbocycles. The van der Waals surface area contributed by atoms with E-state index in [4.69, 9.17) is 4.74 Å². The summed E-state index contributed by atoms with van der Waals surface area (Å²) in [4.78, 5) is 24.7. The van der Waals surface area contributed by atoms with Crippen LogP contribution in [-0.4, -0.2) is 18.4 Å². The molecule has 0 saturated carbocycles. The van der Waals surface area contributed by atoms with Crippen molar-refractivity contribution in [2.75, 3.05) is 6.61 Å². The number of ether oxygens (including phenoxy) is 1. The molecule has 0 spiro atoms. The van der Waals surface area contributed by atoms with Gasteiger partial charge in [-0.15, -0.1) is 0 Å². The second kappa shape index (κ2) is 6.14. The van der Waals surface area contributed by atoms with Gasteiger partial charge in [0.1, 0.15) is 0 Å². The molecule has 1 aliphatic rings. The lowest BCUT2D eigenvalue weighted by Crippen LogP contribution is -2.32. The van der Waals surface area contributed by atoms with Crippen LogP contribution in [0.2, 0.25) is 0 Å². The van der Waals surface area contributed by atoms with Crippen LogP contribution in [0.5, 0.6) is 0 Å². The monoisotopic (exact) mass is 294 g/mol. The number of carbonyl (C=O) groups excluding carboxylic acids is 2. The molecule has 0 N–H and O–H groups in total. The van der Waals surface area contributed by atoms with Crippen molar-refractivity contribution in [3.8, 4) is 0 Å². The number of esters is 1.